The summed E-state index contributed by atoms with van der Waals surface area (Å²) in [5.41, 5.74) is 1.01. The van der Waals surface area contributed by atoms with E-state index in [0.29, 0.717) is 13.0 Å². The third-order valence-corrected chi connectivity index (χ3v) is 4.91. The average Bonchev–Trinajstić information content (AvgIpc) is 2.82. The molecule has 0 atom stereocenters. The van der Waals surface area contributed by atoms with Gasteiger partial charge in [0.15, 0.2) is 0 Å². The number of ether oxygens (including phenoxy) is 1. The van der Waals surface area contributed by atoms with Crippen molar-refractivity contribution >= 4 is 5.97 Å². The van der Waals surface area contributed by atoms with Crippen LogP contribution < -0.4 is 0 Å². The van der Waals surface area contributed by atoms with Crippen LogP contribution in [0, 0.1) is 0 Å². The maximum atomic E-state index is 11.6. The molecule has 0 aliphatic rings. The lowest BCUT2D eigenvalue weighted by atomic mass is 10.1. The zero-order valence-electron chi connectivity index (χ0n) is 20.1. The summed E-state index contributed by atoms with van der Waals surface area (Å²) in [7, 11) is 0. The summed E-state index contributed by atoms with van der Waals surface area (Å²) in [6.45, 7) is 2.57. The van der Waals surface area contributed by atoms with Crippen LogP contribution in [0.25, 0.3) is 0 Å². The number of unbranched alkanes of at least 4 members (excludes halogenated alkanes) is 7. The monoisotopic (exact) mass is 448 g/mol. The quantitative estimate of drug-likeness (QED) is 0.114. The normalized spacial score (nSPS) is 12.5. The van der Waals surface area contributed by atoms with E-state index in [1.165, 1.54) is 51.0 Å². The van der Waals surface area contributed by atoms with E-state index in [9.17, 15) is 9.90 Å². The molecule has 0 spiro atoms. The van der Waals surface area contributed by atoms with E-state index in [2.05, 4.69) is 25.2 Å². The van der Waals surface area contributed by atoms with Gasteiger partial charge in [-0.1, -0.05) is 124 Å². The Bertz CT molecular complexity index is 792. The molecule has 1 N–H and O–H groups in total. The highest BCUT2D eigenvalue weighted by molar-refractivity contribution is 5.82. The molecule has 0 fully saturated rings. The fourth-order valence-corrected chi connectivity index (χ4v) is 3.02. The van der Waals surface area contributed by atoms with Gasteiger partial charge in [-0.3, -0.25) is 0 Å². The molecule has 33 heavy (non-hydrogen) atoms. The van der Waals surface area contributed by atoms with Crippen LogP contribution in [0.15, 0.2) is 97.2 Å². The molecule has 0 amide bonds. The molecule has 1 rings (SSSR count). The van der Waals surface area contributed by atoms with Gasteiger partial charge in [0, 0.05) is 12.5 Å². The van der Waals surface area contributed by atoms with Crippen LogP contribution in [0.5, 0.6) is 5.75 Å². The van der Waals surface area contributed by atoms with Gasteiger partial charge in [-0.15, -0.1) is 0 Å². The minimum absolute atomic E-state index is 0.230. The van der Waals surface area contributed by atoms with Crippen LogP contribution in [0.4, 0.5) is 0 Å². The van der Waals surface area contributed by atoms with Crippen molar-refractivity contribution in [3.8, 4) is 5.75 Å². The third kappa shape index (κ3) is 18.2. The smallest absolute Gasteiger partial charge is 0.330 e. The fraction of sp³-hybridized carbons (Fsp3) is 0.367. The van der Waals surface area contributed by atoms with Crippen LogP contribution in [-0.2, 0) is 16.0 Å². The molecule has 0 radical (unpaired) electrons. The number of hydrogen-bond donors (Lipinski definition) is 1. The van der Waals surface area contributed by atoms with E-state index in [4.69, 9.17) is 4.74 Å². The van der Waals surface area contributed by atoms with Gasteiger partial charge in [-0.2, -0.15) is 0 Å². The summed E-state index contributed by atoms with van der Waals surface area (Å²) in [5.74, 6) is -0.138. The van der Waals surface area contributed by atoms with Crippen LogP contribution >= 0.6 is 0 Å². The molecule has 0 aliphatic heterocycles. The van der Waals surface area contributed by atoms with Crippen molar-refractivity contribution in [3.05, 3.63) is 103 Å². The van der Waals surface area contributed by atoms with Crippen LogP contribution in [-0.4, -0.2) is 17.7 Å². The highest BCUT2D eigenvalue weighted by Crippen LogP contribution is 2.10. The predicted octanol–water partition coefficient (Wildman–Crippen LogP) is 7.96. The second-order valence-corrected chi connectivity index (χ2v) is 7.82. The molecular formula is C30H40O3. The number of hydrogen-bond acceptors (Lipinski definition) is 3. The van der Waals surface area contributed by atoms with E-state index >= 15 is 0 Å². The van der Waals surface area contributed by atoms with Gasteiger partial charge in [0.1, 0.15) is 5.75 Å². The Balaban J connectivity index is 2.05. The molecule has 1 aromatic carbocycles. The van der Waals surface area contributed by atoms with Crippen LogP contribution in [0.3, 0.4) is 0 Å². The van der Waals surface area contributed by atoms with Crippen molar-refractivity contribution in [2.45, 2.75) is 64.7 Å². The van der Waals surface area contributed by atoms with Crippen molar-refractivity contribution in [1.82, 2.24) is 0 Å². The largest absolute Gasteiger partial charge is 0.508 e. The molecule has 0 unspecified atom stereocenters. The number of benzene rings is 1. The average molecular weight is 449 g/mol. The lowest BCUT2D eigenvalue weighted by Gasteiger charge is -2.02. The first-order valence-electron chi connectivity index (χ1n) is 12.2. The summed E-state index contributed by atoms with van der Waals surface area (Å²) in [6, 6.07) is 6.87. The van der Waals surface area contributed by atoms with Crippen molar-refractivity contribution < 1.29 is 14.6 Å². The van der Waals surface area contributed by atoms with E-state index in [1.54, 1.807) is 24.3 Å². The highest BCUT2D eigenvalue weighted by atomic mass is 16.5. The van der Waals surface area contributed by atoms with Crippen molar-refractivity contribution in [1.29, 1.82) is 0 Å². The maximum absolute atomic E-state index is 11.6. The van der Waals surface area contributed by atoms with Gasteiger partial charge >= 0.3 is 5.97 Å². The van der Waals surface area contributed by atoms with Crippen molar-refractivity contribution in [2.24, 2.45) is 0 Å². The Morgan fingerprint density at radius 2 is 1.30 bits per heavy atom. The van der Waals surface area contributed by atoms with E-state index < -0.39 is 0 Å². The van der Waals surface area contributed by atoms with Gasteiger partial charge in [-0.25, -0.2) is 4.79 Å². The molecular weight excluding hydrogens is 408 g/mol. The molecule has 0 saturated carbocycles. The number of phenolic OH excluding ortho intramolecular Hbond substituents is 1. The molecule has 3 heteroatoms. The van der Waals surface area contributed by atoms with E-state index in [1.807, 2.05) is 48.6 Å². The van der Waals surface area contributed by atoms with Crippen molar-refractivity contribution in [2.75, 3.05) is 6.61 Å². The van der Waals surface area contributed by atoms with Crippen LogP contribution in [0.2, 0.25) is 0 Å². The second-order valence-electron chi connectivity index (χ2n) is 7.82. The Morgan fingerprint density at radius 3 is 1.94 bits per heavy atom. The van der Waals surface area contributed by atoms with E-state index in [0.717, 1.165) is 12.0 Å². The van der Waals surface area contributed by atoms with Gasteiger partial charge < -0.3 is 9.84 Å². The Hall–Kier alpha value is -3.07. The lowest BCUT2D eigenvalue weighted by Crippen LogP contribution is -2.04. The van der Waals surface area contributed by atoms with Crippen LogP contribution in [0.1, 0.15) is 63.9 Å². The Morgan fingerprint density at radius 1 is 0.758 bits per heavy atom. The molecule has 0 aromatic heterocycles. The molecule has 0 aliphatic carbocycles. The summed E-state index contributed by atoms with van der Waals surface area (Å²) >= 11 is 0. The molecule has 1 aromatic rings. The number of allylic oxidation sites excluding steroid dienone is 11. The number of carbonyl (C=O) groups excluding carboxylic acids is 1. The Kier molecular flexibility index (Phi) is 17.6. The number of carbonyl (C=O) groups is 1. The van der Waals surface area contributed by atoms with E-state index in [-0.39, 0.29) is 11.7 Å². The third-order valence-electron chi connectivity index (χ3n) is 4.91. The first kappa shape index (κ1) is 28.0. The summed E-state index contributed by atoms with van der Waals surface area (Å²) < 4.78 is 5.15. The van der Waals surface area contributed by atoms with Gasteiger partial charge in [-0.05, 0) is 30.5 Å². The van der Waals surface area contributed by atoms with Gasteiger partial charge in [0.2, 0.25) is 0 Å². The molecule has 178 valence electrons. The second kappa shape index (κ2) is 20.8. The van der Waals surface area contributed by atoms with Gasteiger partial charge in [0.25, 0.3) is 0 Å². The maximum Gasteiger partial charge on any atom is 0.330 e. The molecule has 0 saturated heterocycles. The summed E-state index contributed by atoms with van der Waals surface area (Å²) in [6.07, 6.45) is 34.2. The number of rotatable bonds is 17. The number of esters is 1. The number of aromatic hydroxyl groups is 1. The zero-order valence-corrected chi connectivity index (χ0v) is 20.1. The SMILES string of the molecule is CCCCCCCCC/C=C/C=C/C=C/C=C/C=C/C=C/C(=O)OCCc1ccc(O)cc1. The fourth-order valence-electron chi connectivity index (χ4n) is 3.02. The molecule has 0 heterocycles. The summed E-state index contributed by atoms with van der Waals surface area (Å²) in [5, 5.41) is 9.24. The topological polar surface area (TPSA) is 46.5 Å². The predicted molar refractivity (Wildman–Crippen MR) is 140 cm³/mol. The number of phenols is 1. The minimum atomic E-state index is -0.368. The summed E-state index contributed by atoms with van der Waals surface area (Å²) in [4.78, 5) is 11.6. The minimum Gasteiger partial charge on any atom is -0.508 e. The van der Waals surface area contributed by atoms with Gasteiger partial charge in [0.05, 0.1) is 6.61 Å². The highest BCUT2D eigenvalue weighted by Gasteiger charge is 1.98. The zero-order chi connectivity index (χ0) is 23.8. The first-order chi connectivity index (χ1) is 16.2. The first-order valence-corrected chi connectivity index (χ1v) is 12.2. The lowest BCUT2D eigenvalue weighted by molar-refractivity contribution is -0.137. The standard InChI is InChI=1S/C30H40O3/c1-2-3-4-5-6-7-8-9-10-11-12-13-14-15-16-17-18-19-20-21-30(32)33-27-26-28-22-24-29(31)25-23-28/h10-25,31H,2-9,26-27H2,1H3/b11-10+,13-12+,15-14+,17-16+,19-18+,21-20+. The Labute approximate surface area is 200 Å². The van der Waals surface area contributed by atoms with Crippen molar-refractivity contribution in [3.63, 3.8) is 0 Å². The molecule has 0 bridgehead atoms. The molecule has 3 nitrogen and oxygen atoms in total.